The Balaban J connectivity index is 3.61. The summed E-state index contributed by atoms with van der Waals surface area (Å²) in [6, 6.07) is 0. The van der Waals surface area contributed by atoms with E-state index in [-0.39, 0.29) is 0 Å². The van der Waals surface area contributed by atoms with E-state index in [2.05, 4.69) is 50.5 Å². The van der Waals surface area contributed by atoms with Crippen LogP contribution in [-0.2, 0) is 0 Å². The van der Waals surface area contributed by atoms with Gasteiger partial charge in [-0.3, -0.25) is 0 Å². The van der Waals surface area contributed by atoms with Crippen LogP contribution >= 0.6 is 74.0 Å². The van der Waals surface area contributed by atoms with Gasteiger partial charge < -0.3 is 0 Å². The number of thioether (sulfide) groups is 2. The molecule has 0 bridgehead atoms. The first-order valence-electron chi connectivity index (χ1n) is 5.52. The summed E-state index contributed by atoms with van der Waals surface area (Å²) in [5.74, 6) is 6.23. The van der Waals surface area contributed by atoms with E-state index in [9.17, 15) is 0 Å². The van der Waals surface area contributed by atoms with Crippen LogP contribution in [0.1, 0.15) is 0 Å². The molecule has 0 aliphatic carbocycles. The summed E-state index contributed by atoms with van der Waals surface area (Å²) in [4.78, 5) is 0. The van der Waals surface area contributed by atoms with E-state index in [4.69, 9.17) is 0 Å². The monoisotopic (exact) mass is 414 g/mol. The molecule has 0 saturated heterocycles. The average Bonchev–Trinajstić information content (AvgIpc) is 2.37. The molecule has 0 aliphatic rings. The third-order valence-corrected chi connectivity index (χ3v) is 10.5. The summed E-state index contributed by atoms with van der Waals surface area (Å²) in [7, 11) is 0. The SMILES string of the molecule is SCCSC(CS)C[Se]CC(CS)SCCS. The van der Waals surface area contributed by atoms with Crippen LogP contribution in [-0.4, -0.2) is 60.0 Å². The predicted molar refractivity (Wildman–Crippen MR) is 103 cm³/mol. The molecule has 0 N–H and O–H groups in total. The molecule has 0 heterocycles. The summed E-state index contributed by atoms with van der Waals surface area (Å²) in [6.45, 7) is 0. The molecule has 7 heteroatoms. The van der Waals surface area contributed by atoms with Crippen molar-refractivity contribution in [3.05, 3.63) is 0 Å². The second-order valence-corrected chi connectivity index (χ2v) is 10.0. The molecule has 0 nitrogen and oxygen atoms in total. The first kappa shape index (κ1) is 19.6. The van der Waals surface area contributed by atoms with Crippen molar-refractivity contribution in [1.82, 2.24) is 0 Å². The van der Waals surface area contributed by atoms with E-state index in [1.165, 1.54) is 10.6 Å². The minimum atomic E-state index is 0.723. The van der Waals surface area contributed by atoms with Gasteiger partial charge in [0.15, 0.2) is 0 Å². The molecule has 17 heavy (non-hydrogen) atoms. The van der Waals surface area contributed by atoms with Crippen LogP contribution in [0.5, 0.6) is 0 Å². The van der Waals surface area contributed by atoms with Gasteiger partial charge in [0.2, 0.25) is 0 Å². The third kappa shape index (κ3) is 12.1. The van der Waals surface area contributed by atoms with Crippen molar-refractivity contribution in [2.45, 2.75) is 21.1 Å². The molecule has 0 spiro atoms. The van der Waals surface area contributed by atoms with Gasteiger partial charge in [0, 0.05) is 0 Å². The Morgan fingerprint density at radius 2 is 1.18 bits per heavy atom. The Bertz CT molecular complexity index is 144. The molecule has 0 fully saturated rings. The van der Waals surface area contributed by atoms with Crippen molar-refractivity contribution in [3.63, 3.8) is 0 Å². The molecule has 104 valence electrons. The number of hydrogen-bond donors (Lipinski definition) is 4. The fourth-order valence-electron chi connectivity index (χ4n) is 1.08. The average molecular weight is 414 g/mol. The molecule has 0 aliphatic heterocycles. The van der Waals surface area contributed by atoms with Crippen LogP contribution in [0.3, 0.4) is 0 Å². The van der Waals surface area contributed by atoms with Crippen molar-refractivity contribution in [2.24, 2.45) is 0 Å². The number of rotatable bonds is 12. The van der Waals surface area contributed by atoms with E-state index >= 15 is 0 Å². The molecular weight excluding hydrogens is 391 g/mol. The summed E-state index contributed by atoms with van der Waals surface area (Å²) < 4.78 is 0. The van der Waals surface area contributed by atoms with Crippen LogP contribution < -0.4 is 0 Å². The van der Waals surface area contributed by atoms with Gasteiger partial charge in [-0.2, -0.15) is 0 Å². The normalized spacial score (nSPS) is 14.8. The van der Waals surface area contributed by atoms with Crippen LogP contribution in [0.2, 0.25) is 10.6 Å². The second kappa shape index (κ2) is 15.0. The molecule has 0 amide bonds. The van der Waals surface area contributed by atoms with Gasteiger partial charge in [0.25, 0.3) is 0 Å². The quantitative estimate of drug-likeness (QED) is 0.286. The Hall–Kier alpha value is 2.62. The molecule has 0 aromatic heterocycles. The van der Waals surface area contributed by atoms with Crippen molar-refractivity contribution in [3.8, 4) is 0 Å². The standard InChI is InChI=1S/C10H22S6Se/c11-1-3-15-9(5-13)7-17-8-10(6-14)16-4-2-12/h9-14H,1-8H2. The summed E-state index contributed by atoms with van der Waals surface area (Å²) >= 11 is 22.1. The van der Waals surface area contributed by atoms with Crippen molar-refractivity contribution < 1.29 is 0 Å². The summed E-state index contributed by atoms with van der Waals surface area (Å²) in [6.07, 6.45) is 0. The Morgan fingerprint density at radius 3 is 1.47 bits per heavy atom. The Kier molecular flexibility index (Phi) is 17.3. The van der Waals surface area contributed by atoms with Gasteiger partial charge in [-0.25, -0.2) is 0 Å². The van der Waals surface area contributed by atoms with E-state index in [1.54, 1.807) is 0 Å². The van der Waals surface area contributed by atoms with E-state index in [1.807, 2.05) is 23.5 Å². The van der Waals surface area contributed by atoms with Gasteiger partial charge in [0.1, 0.15) is 0 Å². The first-order chi connectivity index (χ1) is 8.28. The summed E-state index contributed by atoms with van der Waals surface area (Å²) in [5, 5.41) is 4.11. The number of hydrogen-bond acceptors (Lipinski definition) is 6. The maximum absolute atomic E-state index is 4.43. The predicted octanol–water partition coefficient (Wildman–Crippen LogP) is 3.45. The van der Waals surface area contributed by atoms with Crippen LogP contribution in [0.15, 0.2) is 0 Å². The molecule has 0 saturated carbocycles. The van der Waals surface area contributed by atoms with Crippen molar-refractivity contribution in [2.75, 3.05) is 34.5 Å². The molecule has 0 radical (unpaired) electrons. The zero-order chi connectivity index (χ0) is 12.9. The zero-order valence-corrected chi connectivity index (χ0v) is 16.7. The fourth-order valence-corrected chi connectivity index (χ4v) is 8.76. The minimum absolute atomic E-state index is 0.723. The van der Waals surface area contributed by atoms with E-state index in [0.717, 1.165) is 60.0 Å². The van der Waals surface area contributed by atoms with Gasteiger partial charge in [-0.15, -0.1) is 0 Å². The second-order valence-electron chi connectivity index (χ2n) is 3.34. The topological polar surface area (TPSA) is 0 Å². The molecule has 0 aromatic rings. The first-order valence-corrected chi connectivity index (χ1v) is 12.6. The van der Waals surface area contributed by atoms with Gasteiger partial charge in [-0.1, -0.05) is 0 Å². The van der Waals surface area contributed by atoms with E-state index < -0.39 is 0 Å². The molecule has 2 atom stereocenters. The van der Waals surface area contributed by atoms with Crippen LogP contribution in [0.4, 0.5) is 0 Å². The van der Waals surface area contributed by atoms with Crippen molar-refractivity contribution in [1.29, 1.82) is 0 Å². The molecular formula is C10H22S6Se. The zero-order valence-electron chi connectivity index (χ0n) is 9.83. The third-order valence-electron chi connectivity index (χ3n) is 1.90. The van der Waals surface area contributed by atoms with Crippen LogP contribution in [0.25, 0.3) is 0 Å². The fraction of sp³-hybridized carbons (Fsp3) is 1.00. The van der Waals surface area contributed by atoms with Gasteiger partial charge in [-0.05, 0) is 0 Å². The van der Waals surface area contributed by atoms with Crippen molar-refractivity contribution >= 4 is 89.0 Å². The summed E-state index contributed by atoms with van der Waals surface area (Å²) in [5.41, 5.74) is 0. The van der Waals surface area contributed by atoms with E-state index in [0.29, 0.717) is 0 Å². The maximum atomic E-state index is 4.43. The van der Waals surface area contributed by atoms with Crippen LogP contribution in [0, 0.1) is 0 Å². The molecule has 2 unspecified atom stereocenters. The Morgan fingerprint density at radius 1 is 0.765 bits per heavy atom. The molecule has 0 rings (SSSR count). The molecule has 0 aromatic carbocycles. The van der Waals surface area contributed by atoms with Gasteiger partial charge in [0.05, 0.1) is 0 Å². The Labute approximate surface area is 143 Å². The number of thiol groups is 4. The van der Waals surface area contributed by atoms with Gasteiger partial charge >= 0.3 is 145 Å².